The fourth-order valence-corrected chi connectivity index (χ4v) is 7.26. The smallest absolute Gasteiger partial charge is 0.251 e. The van der Waals surface area contributed by atoms with E-state index >= 15 is 0 Å². The van der Waals surface area contributed by atoms with Gasteiger partial charge in [0.15, 0.2) is 0 Å². The molecule has 0 fully saturated rings. The van der Waals surface area contributed by atoms with Gasteiger partial charge in [-0.05, 0) is 83.9 Å². The summed E-state index contributed by atoms with van der Waals surface area (Å²) in [4.78, 5) is 37.7. The van der Waals surface area contributed by atoms with Crippen LogP contribution in [0.2, 0.25) is 0 Å². The van der Waals surface area contributed by atoms with Crippen LogP contribution in [0.3, 0.4) is 0 Å². The maximum absolute atomic E-state index is 12.7. The Balaban J connectivity index is 1.20. The minimum atomic E-state index is -0.216. The first-order chi connectivity index (χ1) is 22.6. The average Bonchev–Trinajstić information content (AvgIpc) is 3.12. The van der Waals surface area contributed by atoms with Gasteiger partial charge in [0.2, 0.25) is 6.41 Å². The van der Waals surface area contributed by atoms with Gasteiger partial charge >= 0.3 is 0 Å². The summed E-state index contributed by atoms with van der Waals surface area (Å²) in [6, 6.07) is 33.4. The maximum Gasteiger partial charge on any atom is 0.251 e. The number of anilines is 1. The highest BCUT2D eigenvalue weighted by Gasteiger charge is 2.15. The van der Waals surface area contributed by atoms with Crippen LogP contribution in [0.25, 0.3) is 21.8 Å². The number of rotatable bonds is 10. The van der Waals surface area contributed by atoms with Crippen molar-refractivity contribution >= 4 is 61.4 Å². The summed E-state index contributed by atoms with van der Waals surface area (Å²) in [5, 5.41) is 23.0. The SMILES string of the molecule is N#Cc1ccc(C(=O)NCc2ccc(SSc3ccc(CN(C=O)c4ccc(C#N)cc4)c4cccnc34)c3ncccc23)cc1. The normalized spacial score (nSPS) is 10.7. The van der Waals surface area contributed by atoms with Gasteiger partial charge in [-0.1, -0.05) is 45.9 Å². The van der Waals surface area contributed by atoms with Gasteiger partial charge in [-0.15, -0.1) is 0 Å². The van der Waals surface area contributed by atoms with Crippen LogP contribution in [0.15, 0.2) is 119 Å². The predicted molar refractivity (Wildman–Crippen MR) is 181 cm³/mol. The Morgan fingerprint density at radius 2 is 1.28 bits per heavy atom. The van der Waals surface area contributed by atoms with Gasteiger partial charge in [0.25, 0.3) is 5.91 Å². The standard InChI is InChI=1S/C36H24N6O2S2/c37-19-24-5-9-26(10-6-24)36(44)41-21-27-11-15-32(34-30(27)3-1-17-39-34)45-46-33-16-12-28(31-4-2-18-40-35(31)33)22-42(23-43)29-13-7-25(20-38)8-14-29/h1-18,23H,21-22H2,(H,41,44). The summed E-state index contributed by atoms with van der Waals surface area (Å²) in [5.41, 5.74) is 5.80. The molecule has 1 N–H and O–H groups in total. The summed E-state index contributed by atoms with van der Waals surface area (Å²) >= 11 is 0. The Morgan fingerprint density at radius 1 is 0.739 bits per heavy atom. The van der Waals surface area contributed by atoms with E-state index in [1.54, 1.807) is 87.4 Å². The van der Waals surface area contributed by atoms with E-state index < -0.39 is 0 Å². The molecule has 6 aromatic rings. The molecule has 6 rings (SSSR count). The van der Waals surface area contributed by atoms with Gasteiger partial charge in [-0.3, -0.25) is 19.6 Å². The zero-order valence-corrected chi connectivity index (χ0v) is 25.9. The number of hydrogen-bond donors (Lipinski definition) is 1. The lowest BCUT2D eigenvalue weighted by Crippen LogP contribution is -2.22. The van der Waals surface area contributed by atoms with Crippen molar-refractivity contribution in [3.8, 4) is 12.1 Å². The van der Waals surface area contributed by atoms with Crippen LogP contribution in [0, 0.1) is 22.7 Å². The minimum absolute atomic E-state index is 0.216. The fourth-order valence-electron chi connectivity index (χ4n) is 5.00. The molecule has 0 saturated heterocycles. The molecule has 0 bridgehead atoms. The second-order valence-electron chi connectivity index (χ2n) is 10.2. The van der Waals surface area contributed by atoms with E-state index in [4.69, 9.17) is 10.5 Å². The molecule has 0 unspecified atom stereocenters. The van der Waals surface area contributed by atoms with E-state index in [-0.39, 0.29) is 5.91 Å². The van der Waals surface area contributed by atoms with Gasteiger partial charge in [0.1, 0.15) is 0 Å². The van der Waals surface area contributed by atoms with E-state index in [0.29, 0.717) is 35.5 Å². The van der Waals surface area contributed by atoms with E-state index in [1.165, 1.54) is 0 Å². The quantitative estimate of drug-likeness (QED) is 0.122. The van der Waals surface area contributed by atoms with Crippen molar-refractivity contribution in [1.82, 2.24) is 15.3 Å². The zero-order valence-electron chi connectivity index (χ0n) is 24.3. The summed E-state index contributed by atoms with van der Waals surface area (Å²) in [5.74, 6) is -0.216. The molecule has 8 nitrogen and oxygen atoms in total. The number of aromatic nitrogens is 2. The molecule has 0 radical (unpaired) electrons. The summed E-state index contributed by atoms with van der Waals surface area (Å²) in [7, 11) is 3.17. The second-order valence-corrected chi connectivity index (χ2v) is 12.4. The molecule has 2 aromatic heterocycles. The van der Waals surface area contributed by atoms with Crippen LogP contribution >= 0.6 is 21.6 Å². The van der Waals surface area contributed by atoms with Gasteiger partial charge < -0.3 is 10.2 Å². The van der Waals surface area contributed by atoms with Crippen LogP contribution in [0.4, 0.5) is 5.69 Å². The Labute approximate surface area is 273 Å². The molecule has 0 saturated carbocycles. The van der Waals surface area contributed by atoms with Gasteiger partial charge in [0.05, 0.1) is 40.8 Å². The molecule has 4 aromatic carbocycles. The first-order valence-corrected chi connectivity index (χ1v) is 16.3. The van der Waals surface area contributed by atoms with E-state index in [1.807, 2.05) is 48.5 Å². The van der Waals surface area contributed by atoms with E-state index in [2.05, 4.69) is 27.4 Å². The number of carbonyl (C=O) groups is 2. The van der Waals surface area contributed by atoms with Crippen molar-refractivity contribution in [2.24, 2.45) is 0 Å². The fraction of sp³-hybridized carbons (Fsp3) is 0.0556. The Bertz CT molecular complexity index is 2160. The number of pyridine rings is 2. The van der Waals surface area contributed by atoms with Gasteiger partial charge in [0, 0.05) is 50.8 Å². The number of hydrogen-bond acceptors (Lipinski definition) is 8. The third-order valence-corrected chi connectivity index (χ3v) is 9.81. The van der Waals surface area contributed by atoms with Crippen molar-refractivity contribution in [2.45, 2.75) is 22.9 Å². The molecule has 0 aliphatic rings. The molecule has 0 aliphatic carbocycles. The minimum Gasteiger partial charge on any atom is -0.348 e. The van der Waals surface area contributed by atoms with Crippen LogP contribution in [0.5, 0.6) is 0 Å². The summed E-state index contributed by atoms with van der Waals surface area (Å²) in [6.07, 6.45) is 4.31. The molecule has 2 heterocycles. The highest BCUT2D eigenvalue weighted by atomic mass is 33.1. The van der Waals surface area contributed by atoms with Crippen molar-refractivity contribution in [3.05, 3.63) is 137 Å². The van der Waals surface area contributed by atoms with Crippen LogP contribution in [-0.4, -0.2) is 22.3 Å². The molecular formula is C36H24N6O2S2. The molecule has 0 aliphatic heterocycles. The van der Waals surface area contributed by atoms with Crippen molar-refractivity contribution in [2.75, 3.05) is 4.90 Å². The van der Waals surface area contributed by atoms with Crippen molar-refractivity contribution in [3.63, 3.8) is 0 Å². The number of nitriles is 2. The van der Waals surface area contributed by atoms with Gasteiger partial charge in [-0.2, -0.15) is 10.5 Å². The molecule has 0 atom stereocenters. The van der Waals surface area contributed by atoms with E-state index in [0.717, 1.165) is 49.1 Å². The Morgan fingerprint density at radius 3 is 1.85 bits per heavy atom. The lowest BCUT2D eigenvalue weighted by atomic mass is 10.1. The lowest BCUT2D eigenvalue weighted by molar-refractivity contribution is -0.107. The lowest BCUT2D eigenvalue weighted by Gasteiger charge is -2.19. The molecule has 10 heteroatoms. The third-order valence-electron chi connectivity index (χ3n) is 7.38. The van der Waals surface area contributed by atoms with Gasteiger partial charge in [-0.25, -0.2) is 0 Å². The second kappa shape index (κ2) is 14.0. The Kier molecular flexibility index (Phi) is 9.21. The molecule has 0 spiro atoms. The number of fused-ring (bicyclic) bond motifs is 2. The number of amides is 2. The molecule has 222 valence electrons. The predicted octanol–water partition coefficient (Wildman–Crippen LogP) is 7.42. The summed E-state index contributed by atoms with van der Waals surface area (Å²) < 4.78 is 0. The van der Waals surface area contributed by atoms with Crippen molar-refractivity contribution in [1.29, 1.82) is 10.5 Å². The Hall–Kier alpha value is -5.68. The van der Waals surface area contributed by atoms with Crippen LogP contribution in [0.1, 0.15) is 32.6 Å². The first kappa shape index (κ1) is 30.4. The highest BCUT2D eigenvalue weighted by Crippen LogP contribution is 2.43. The number of carbonyl (C=O) groups excluding carboxylic acids is 2. The monoisotopic (exact) mass is 636 g/mol. The largest absolute Gasteiger partial charge is 0.348 e. The average molecular weight is 637 g/mol. The highest BCUT2D eigenvalue weighted by molar-refractivity contribution is 8.76. The number of nitrogens with zero attached hydrogens (tertiary/aromatic N) is 5. The summed E-state index contributed by atoms with van der Waals surface area (Å²) in [6.45, 7) is 0.683. The third kappa shape index (κ3) is 6.54. The molecule has 2 amide bonds. The molecular weight excluding hydrogens is 613 g/mol. The zero-order chi connectivity index (χ0) is 31.9. The number of benzene rings is 4. The van der Waals surface area contributed by atoms with Crippen LogP contribution < -0.4 is 10.2 Å². The molecule has 46 heavy (non-hydrogen) atoms. The topological polar surface area (TPSA) is 123 Å². The van der Waals surface area contributed by atoms with Crippen molar-refractivity contribution < 1.29 is 9.59 Å². The van der Waals surface area contributed by atoms with Crippen LogP contribution in [-0.2, 0) is 17.9 Å². The first-order valence-electron chi connectivity index (χ1n) is 14.2. The van der Waals surface area contributed by atoms with E-state index in [9.17, 15) is 9.59 Å². The maximum atomic E-state index is 12.7. The number of nitrogens with one attached hydrogen (secondary N) is 1.